The van der Waals surface area contributed by atoms with Crippen LogP contribution in [0.3, 0.4) is 0 Å². The minimum atomic E-state index is -0.0777. The highest BCUT2D eigenvalue weighted by Gasteiger charge is 2.29. The van der Waals surface area contributed by atoms with E-state index in [1.54, 1.807) is 25.6 Å². The molecule has 1 aliphatic heterocycles. The lowest BCUT2D eigenvalue weighted by atomic mass is 9.95. The van der Waals surface area contributed by atoms with E-state index in [2.05, 4.69) is 35.3 Å². The van der Waals surface area contributed by atoms with Crippen molar-refractivity contribution in [3.63, 3.8) is 0 Å². The molecule has 1 saturated heterocycles. The van der Waals surface area contributed by atoms with Crippen molar-refractivity contribution < 1.29 is 14.3 Å². The van der Waals surface area contributed by atoms with E-state index in [0.29, 0.717) is 5.56 Å². The average Bonchev–Trinajstić information content (AvgIpc) is 3.27. The first-order valence-electron chi connectivity index (χ1n) is 11.6. The number of amides is 1. The monoisotopic (exact) mass is 464 g/mol. The number of ether oxygens (including phenoxy) is 2. The van der Waals surface area contributed by atoms with Crippen LogP contribution >= 0.6 is 11.3 Å². The number of thiophene rings is 1. The summed E-state index contributed by atoms with van der Waals surface area (Å²) < 4.78 is 11.1. The smallest absolute Gasteiger partial charge is 0.256 e. The van der Waals surface area contributed by atoms with Gasteiger partial charge in [0.15, 0.2) is 11.5 Å². The summed E-state index contributed by atoms with van der Waals surface area (Å²) in [4.78, 5) is 16.8. The molecule has 1 fully saturated rings. The largest absolute Gasteiger partial charge is 0.493 e. The van der Waals surface area contributed by atoms with Gasteiger partial charge in [0, 0.05) is 16.0 Å². The Balaban J connectivity index is 1.77. The Kier molecular flexibility index (Phi) is 7.68. The molecule has 1 aromatic heterocycles. The van der Waals surface area contributed by atoms with E-state index in [1.165, 1.54) is 24.1 Å². The number of aryl methyl sites for hydroxylation is 1. The molecule has 2 aromatic carbocycles. The van der Waals surface area contributed by atoms with Crippen molar-refractivity contribution in [1.82, 2.24) is 4.90 Å². The van der Waals surface area contributed by atoms with Gasteiger partial charge < -0.3 is 14.8 Å². The zero-order valence-corrected chi connectivity index (χ0v) is 20.4. The van der Waals surface area contributed by atoms with Crippen molar-refractivity contribution in [2.75, 3.05) is 32.6 Å². The zero-order valence-electron chi connectivity index (χ0n) is 19.6. The Bertz CT molecular complexity index is 1070. The molecular formula is C27H32N2O3S. The number of methoxy groups -OCH3 is 2. The van der Waals surface area contributed by atoms with Gasteiger partial charge in [-0.3, -0.25) is 9.69 Å². The number of anilines is 1. The average molecular weight is 465 g/mol. The molecule has 1 aliphatic rings. The summed E-state index contributed by atoms with van der Waals surface area (Å²) in [6, 6.07) is 17.9. The van der Waals surface area contributed by atoms with E-state index < -0.39 is 0 Å². The molecule has 0 spiro atoms. The molecule has 0 unspecified atom stereocenters. The number of nitrogens with one attached hydrogen (secondary N) is 1. The molecule has 0 aliphatic carbocycles. The molecule has 2 heterocycles. The summed E-state index contributed by atoms with van der Waals surface area (Å²) in [6.07, 6.45) is 4.55. The van der Waals surface area contributed by atoms with Crippen LogP contribution in [-0.4, -0.2) is 38.1 Å². The number of carbonyl (C=O) groups excluding carboxylic acids is 1. The summed E-state index contributed by atoms with van der Waals surface area (Å²) in [6.45, 7) is 4.22. The molecule has 6 heteroatoms. The SMILES string of the molecule is CCc1cc([C@@H](c2ccc(OC)c(OC)c2)N2CCCCC2)c(NC(=O)c2ccccc2)s1. The molecule has 1 amide bonds. The Morgan fingerprint density at radius 3 is 2.39 bits per heavy atom. The summed E-state index contributed by atoms with van der Waals surface area (Å²) in [5, 5.41) is 4.14. The number of nitrogens with zero attached hydrogens (tertiary/aromatic N) is 1. The first-order valence-corrected chi connectivity index (χ1v) is 12.4. The second-order valence-electron chi connectivity index (χ2n) is 8.28. The minimum absolute atomic E-state index is 0.0349. The van der Waals surface area contributed by atoms with E-state index in [4.69, 9.17) is 9.47 Å². The van der Waals surface area contributed by atoms with Crippen LogP contribution in [0.2, 0.25) is 0 Å². The summed E-state index contributed by atoms with van der Waals surface area (Å²) in [7, 11) is 3.33. The maximum absolute atomic E-state index is 13.0. The zero-order chi connectivity index (χ0) is 23.2. The predicted octanol–water partition coefficient (Wildman–Crippen LogP) is 6.16. The van der Waals surface area contributed by atoms with Gasteiger partial charge in [-0.1, -0.05) is 37.6 Å². The van der Waals surface area contributed by atoms with Gasteiger partial charge in [0.25, 0.3) is 5.91 Å². The summed E-state index contributed by atoms with van der Waals surface area (Å²) in [5.74, 6) is 1.36. The van der Waals surface area contributed by atoms with E-state index in [9.17, 15) is 4.79 Å². The molecule has 33 heavy (non-hydrogen) atoms. The molecule has 4 rings (SSSR count). The Hall–Kier alpha value is -2.83. The third-order valence-corrected chi connectivity index (χ3v) is 7.41. The van der Waals surface area contributed by atoms with Crippen molar-refractivity contribution in [3.05, 3.63) is 76.2 Å². The van der Waals surface area contributed by atoms with Crippen LogP contribution in [0, 0.1) is 0 Å². The first kappa shape index (κ1) is 23.3. The first-order chi connectivity index (χ1) is 16.1. The van der Waals surface area contributed by atoms with Crippen LogP contribution in [-0.2, 0) is 6.42 Å². The van der Waals surface area contributed by atoms with Gasteiger partial charge in [-0.05, 0) is 68.2 Å². The van der Waals surface area contributed by atoms with Crippen molar-refractivity contribution in [3.8, 4) is 11.5 Å². The molecule has 0 bridgehead atoms. The normalized spacial score (nSPS) is 15.1. The lowest BCUT2D eigenvalue weighted by molar-refractivity contribution is 0.102. The fraction of sp³-hybridized carbons (Fsp3) is 0.370. The van der Waals surface area contributed by atoms with Crippen LogP contribution < -0.4 is 14.8 Å². The second-order valence-corrected chi connectivity index (χ2v) is 9.42. The quantitative estimate of drug-likeness (QED) is 0.434. The number of likely N-dealkylation sites (tertiary alicyclic amines) is 1. The fourth-order valence-electron chi connectivity index (χ4n) is 4.48. The van der Waals surface area contributed by atoms with Gasteiger partial charge in [-0.2, -0.15) is 0 Å². The van der Waals surface area contributed by atoms with Crippen molar-refractivity contribution >= 4 is 22.2 Å². The molecule has 174 valence electrons. The number of hydrogen-bond acceptors (Lipinski definition) is 5. The van der Waals surface area contributed by atoms with Crippen LogP contribution in [0.25, 0.3) is 0 Å². The maximum atomic E-state index is 13.0. The second kappa shape index (κ2) is 10.9. The number of piperidine rings is 1. The standard InChI is InChI=1S/C27H32N2O3S/c1-4-21-18-22(27(33-21)28-26(30)19-11-7-5-8-12-19)25(29-15-9-6-10-16-29)20-13-14-23(31-2)24(17-20)32-3/h5,7-8,11-14,17-18,25H,4,6,9-10,15-16H2,1-3H3,(H,28,30)/t25-/m1/s1. The van der Waals surface area contributed by atoms with E-state index >= 15 is 0 Å². The summed E-state index contributed by atoms with van der Waals surface area (Å²) in [5.41, 5.74) is 2.95. The topological polar surface area (TPSA) is 50.8 Å². The lowest BCUT2D eigenvalue weighted by Crippen LogP contribution is -2.34. The molecule has 0 saturated carbocycles. The van der Waals surface area contributed by atoms with Gasteiger partial charge in [0.2, 0.25) is 0 Å². The van der Waals surface area contributed by atoms with Crippen molar-refractivity contribution in [2.45, 2.75) is 38.6 Å². The van der Waals surface area contributed by atoms with Crippen LogP contribution in [0.1, 0.15) is 58.6 Å². The van der Waals surface area contributed by atoms with Crippen LogP contribution in [0.15, 0.2) is 54.6 Å². The number of rotatable bonds is 8. The Morgan fingerprint density at radius 2 is 1.73 bits per heavy atom. The number of benzene rings is 2. The minimum Gasteiger partial charge on any atom is -0.493 e. The van der Waals surface area contributed by atoms with E-state index in [0.717, 1.165) is 47.1 Å². The van der Waals surface area contributed by atoms with Gasteiger partial charge in [0.05, 0.1) is 20.3 Å². The highest BCUT2D eigenvalue weighted by atomic mass is 32.1. The third kappa shape index (κ3) is 5.23. The Labute approximate surface area is 200 Å². The van der Waals surface area contributed by atoms with Gasteiger partial charge in [-0.25, -0.2) is 0 Å². The molecule has 3 aromatic rings. The molecular weight excluding hydrogens is 432 g/mol. The highest BCUT2D eigenvalue weighted by molar-refractivity contribution is 7.16. The lowest BCUT2D eigenvalue weighted by Gasteiger charge is -2.35. The molecule has 0 radical (unpaired) electrons. The van der Waals surface area contributed by atoms with Crippen molar-refractivity contribution in [1.29, 1.82) is 0 Å². The Morgan fingerprint density at radius 1 is 1.00 bits per heavy atom. The van der Waals surface area contributed by atoms with Crippen LogP contribution in [0.5, 0.6) is 11.5 Å². The van der Waals surface area contributed by atoms with Gasteiger partial charge in [-0.15, -0.1) is 11.3 Å². The van der Waals surface area contributed by atoms with Gasteiger partial charge >= 0.3 is 0 Å². The van der Waals surface area contributed by atoms with Crippen LogP contribution in [0.4, 0.5) is 5.00 Å². The molecule has 1 N–H and O–H groups in total. The molecule has 5 nitrogen and oxygen atoms in total. The molecule has 1 atom stereocenters. The summed E-state index contributed by atoms with van der Waals surface area (Å²) >= 11 is 1.67. The predicted molar refractivity (Wildman–Crippen MR) is 135 cm³/mol. The third-order valence-electron chi connectivity index (χ3n) is 6.20. The number of carbonyl (C=O) groups is 1. The van der Waals surface area contributed by atoms with Crippen molar-refractivity contribution in [2.24, 2.45) is 0 Å². The highest BCUT2D eigenvalue weighted by Crippen LogP contribution is 2.42. The van der Waals surface area contributed by atoms with E-state index in [1.807, 2.05) is 36.4 Å². The number of hydrogen-bond donors (Lipinski definition) is 1. The van der Waals surface area contributed by atoms with E-state index in [-0.39, 0.29) is 11.9 Å². The maximum Gasteiger partial charge on any atom is 0.256 e. The van der Waals surface area contributed by atoms with Gasteiger partial charge in [0.1, 0.15) is 5.00 Å². The fourth-order valence-corrected chi connectivity index (χ4v) is 5.51.